The highest BCUT2D eigenvalue weighted by Crippen LogP contribution is 2.14. The lowest BCUT2D eigenvalue weighted by Gasteiger charge is -2.12. The number of hydrogen-bond donors (Lipinski definition) is 2. The Kier molecular flexibility index (Phi) is 7.70. The van der Waals surface area contributed by atoms with E-state index in [0.717, 1.165) is 58.3 Å². The molecule has 2 N–H and O–H groups in total. The molecule has 1 aliphatic rings. The zero-order chi connectivity index (χ0) is 15.6. The highest BCUT2D eigenvalue weighted by molar-refractivity contribution is 7.10. The SMILES string of the molecule is CN=C(NCCCOCC1CCOC1)NCc1sccc1C. The van der Waals surface area contributed by atoms with Gasteiger partial charge in [0.05, 0.1) is 19.8 Å². The summed E-state index contributed by atoms with van der Waals surface area (Å²) in [4.78, 5) is 5.59. The maximum Gasteiger partial charge on any atom is 0.191 e. The molecule has 1 aromatic rings. The van der Waals surface area contributed by atoms with Crippen LogP contribution in [0.15, 0.2) is 16.4 Å². The van der Waals surface area contributed by atoms with Gasteiger partial charge in [0.25, 0.3) is 0 Å². The first-order chi connectivity index (χ1) is 10.8. The number of thiophene rings is 1. The van der Waals surface area contributed by atoms with Crippen molar-refractivity contribution in [3.63, 3.8) is 0 Å². The van der Waals surface area contributed by atoms with Crippen LogP contribution in [-0.4, -0.2) is 46.0 Å². The summed E-state index contributed by atoms with van der Waals surface area (Å²) in [6.45, 7) is 7.18. The molecule has 1 saturated heterocycles. The number of guanidine groups is 1. The molecule has 5 nitrogen and oxygen atoms in total. The van der Waals surface area contributed by atoms with E-state index in [1.807, 2.05) is 0 Å². The summed E-state index contributed by atoms with van der Waals surface area (Å²) in [5.41, 5.74) is 1.33. The van der Waals surface area contributed by atoms with Crippen LogP contribution in [0.1, 0.15) is 23.3 Å². The number of aryl methyl sites for hydroxylation is 1. The Labute approximate surface area is 137 Å². The van der Waals surface area contributed by atoms with Crippen LogP contribution in [0.5, 0.6) is 0 Å². The van der Waals surface area contributed by atoms with Crippen molar-refractivity contribution in [3.8, 4) is 0 Å². The molecule has 1 atom stereocenters. The molecular weight excluding hydrogens is 298 g/mol. The molecular formula is C16H27N3O2S. The maximum absolute atomic E-state index is 5.69. The van der Waals surface area contributed by atoms with E-state index in [1.54, 1.807) is 18.4 Å². The van der Waals surface area contributed by atoms with Gasteiger partial charge in [-0.15, -0.1) is 11.3 Å². The molecule has 0 amide bonds. The molecule has 2 rings (SSSR count). The van der Waals surface area contributed by atoms with Gasteiger partial charge in [-0.3, -0.25) is 4.99 Å². The van der Waals surface area contributed by atoms with Crippen LogP contribution in [-0.2, 0) is 16.0 Å². The smallest absolute Gasteiger partial charge is 0.191 e. The van der Waals surface area contributed by atoms with Crippen molar-refractivity contribution < 1.29 is 9.47 Å². The number of nitrogens with one attached hydrogen (secondary N) is 2. The summed E-state index contributed by atoms with van der Waals surface area (Å²) in [6.07, 6.45) is 2.11. The van der Waals surface area contributed by atoms with Crippen molar-refractivity contribution in [1.82, 2.24) is 10.6 Å². The standard InChI is InChI=1S/C16H27N3O2S/c1-13-5-9-22-15(13)10-19-16(17-2)18-6-3-7-20-11-14-4-8-21-12-14/h5,9,14H,3-4,6-8,10-12H2,1-2H3,(H2,17,18,19). The van der Waals surface area contributed by atoms with Crippen molar-refractivity contribution in [2.75, 3.05) is 40.0 Å². The van der Waals surface area contributed by atoms with E-state index in [-0.39, 0.29) is 0 Å². The predicted octanol–water partition coefficient (Wildman–Crippen LogP) is 2.16. The van der Waals surface area contributed by atoms with Gasteiger partial charge in [0.1, 0.15) is 0 Å². The third-order valence-corrected chi connectivity index (χ3v) is 4.77. The molecule has 22 heavy (non-hydrogen) atoms. The minimum Gasteiger partial charge on any atom is -0.381 e. The van der Waals surface area contributed by atoms with Gasteiger partial charge in [0.2, 0.25) is 0 Å². The molecule has 0 spiro atoms. The number of ether oxygens (including phenoxy) is 2. The van der Waals surface area contributed by atoms with Crippen molar-refractivity contribution in [2.24, 2.45) is 10.9 Å². The fourth-order valence-electron chi connectivity index (χ4n) is 2.32. The molecule has 1 unspecified atom stereocenters. The summed E-state index contributed by atoms with van der Waals surface area (Å²) in [6, 6.07) is 2.14. The number of nitrogens with zero attached hydrogens (tertiary/aromatic N) is 1. The van der Waals surface area contributed by atoms with E-state index in [9.17, 15) is 0 Å². The van der Waals surface area contributed by atoms with Gasteiger partial charge < -0.3 is 20.1 Å². The van der Waals surface area contributed by atoms with Gasteiger partial charge in [0, 0.05) is 37.6 Å². The highest BCUT2D eigenvalue weighted by Gasteiger charge is 2.15. The lowest BCUT2D eigenvalue weighted by molar-refractivity contribution is 0.0888. The second-order valence-electron chi connectivity index (χ2n) is 5.54. The molecule has 6 heteroatoms. The fourth-order valence-corrected chi connectivity index (χ4v) is 3.16. The van der Waals surface area contributed by atoms with Crippen molar-refractivity contribution in [1.29, 1.82) is 0 Å². The van der Waals surface area contributed by atoms with Crippen LogP contribution in [0.2, 0.25) is 0 Å². The minimum atomic E-state index is 0.594. The summed E-state index contributed by atoms with van der Waals surface area (Å²) >= 11 is 1.77. The molecule has 0 aromatic carbocycles. The van der Waals surface area contributed by atoms with Gasteiger partial charge in [0.15, 0.2) is 5.96 Å². The summed E-state index contributed by atoms with van der Waals surface area (Å²) < 4.78 is 11.0. The summed E-state index contributed by atoms with van der Waals surface area (Å²) in [7, 11) is 1.80. The third-order valence-electron chi connectivity index (χ3n) is 3.74. The Morgan fingerprint density at radius 3 is 3.09 bits per heavy atom. The normalized spacial score (nSPS) is 18.6. The molecule has 124 valence electrons. The Balaban J connectivity index is 1.51. The largest absolute Gasteiger partial charge is 0.381 e. The van der Waals surface area contributed by atoms with Crippen LogP contribution in [0.25, 0.3) is 0 Å². The van der Waals surface area contributed by atoms with E-state index in [2.05, 4.69) is 34.0 Å². The van der Waals surface area contributed by atoms with E-state index < -0.39 is 0 Å². The zero-order valence-electron chi connectivity index (χ0n) is 13.6. The van der Waals surface area contributed by atoms with Gasteiger partial charge in [-0.05, 0) is 36.8 Å². The van der Waals surface area contributed by atoms with Crippen LogP contribution in [0.4, 0.5) is 0 Å². The lowest BCUT2D eigenvalue weighted by atomic mass is 10.1. The fraction of sp³-hybridized carbons (Fsp3) is 0.688. The zero-order valence-corrected chi connectivity index (χ0v) is 14.4. The molecule has 1 aromatic heterocycles. The van der Waals surface area contributed by atoms with Crippen LogP contribution >= 0.6 is 11.3 Å². The second-order valence-corrected chi connectivity index (χ2v) is 6.54. The molecule has 1 fully saturated rings. The lowest BCUT2D eigenvalue weighted by Crippen LogP contribution is -2.37. The first-order valence-corrected chi connectivity index (χ1v) is 8.80. The highest BCUT2D eigenvalue weighted by atomic mass is 32.1. The van der Waals surface area contributed by atoms with Crippen molar-refractivity contribution in [3.05, 3.63) is 21.9 Å². The van der Waals surface area contributed by atoms with E-state index in [0.29, 0.717) is 5.92 Å². The molecule has 0 bridgehead atoms. The molecule has 1 aliphatic heterocycles. The van der Waals surface area contributed by atoms with Crippen LogP contribution in [0, 0.1) is 12.8 Å². The average Bonchev–Trinajstić information content (AvgIpc) is 3.17. The van der Waals surface area contributed by atoms with E-state index >= 15 is 0 Å². The third kappa shape index (κ3) is 5.94. The Hall–Kier alpha value is -1.11. The average molecular weight is 325 g/mol. The van der Waals surface area contributed by atoms with Crippen LogP contribution in [0.3, 0.4) is 0 Å². The van der Waals surface area contributed by atoms with Crippen LogP contribution < -0.4 is 10.6 Å². The van der Waals surface area contributed by atoms with Gasteiger partial charge >= 0.3 is 0 Å². The Bertz CT molecular complexity index is 456. The van der Waals surface area contributed by atoms with Crippen molar-refractivity contribution >= 4 is 17.3 Å². The molecule has 0 aliphatic carbocycles. The number of rotatable bonds is 8. The van der Waals surface area contributed by atoms with Gasteiger partial charge in [-0.1, -0.05) is 0 Å². The first kappa shape index (κ1) is 17.2. The molecule has 0 radical (unpaired) electrons. The van der Waals surface area contributed by atoms with Crippen molar-refractivity contribution in [2.45, 2.75) is 26.3 Å². The van der Waals surface area contributed by atoms with Gasteiger partial charge in [-0.25, -0.2) is 0 Å². The summed E-state index contributed by atoms with van der Waals surface area (Å²) in [5, 5.41) is 8.78. The molecule has 0 saturated carbocycles. The number of hydrogen-bond acceptors (Lipinski definition) is 4. The first-order valence-electron chi connectivity index (χ1n) is 7.92. The Morgan fingerprint density at radius 2 is 2.41 bits per heavy atom. The van der Waals surface area contributed by atoms with Gasteiger partial charge in [-0.2, -0.15) is 0 Å². The van der Waals surface area contributed by atoms with E-state index in [1.165, 1.54) is 10.4 Å². The molecule has 2 heterocycles. The quantitative estimate of drug-likeness (QED) is 0.437. The monoisotopic (exact) mass is 325 g/mol. The topological polar surface area (TPSA) is 54.9 Å². The maximum atomic E-state index is 5.69. The predicted molar refractivity (Wildman–Crippen MR) is 91.6 cm³/mol. The summed E-state index contributed by atoms with van der Waals surface area (Å²) in [5.74, 6) is 1.44. The minimum absolute atomic E-state index is 0.594. The Morgan fingerprint density at radius 1 is 1.50 bits per heavy atom. The number of aliphatic imine (C=N–C) groups is 1. The second kappa shape index (κ2) is 9.82. The van der Waals surface area contributed by atoms with E-state index in [4.69, 9.17) is 9.47 Å².